The van der Waals surface area contributed by atoms with E-state index < -0.39 is 25.3 Å². The number of rotatable bonds is 6. The molecule has 0 rings (SSSR count). The first-order chi connectivity index (χ1) is 6.85. The highest BCUT2D eigenvalue weighted by Crippen LogP contribution is 2.51. The molecular formula is C8H16NO5P. The maximum absolute atomic E-state index is 12.0. The van der Waals surface area contributed by atoms with Crippen LogP contribution in [0.3, 0.4) is 0 Å². The second-order valence-electron chi connectivity index (χ2n) is 3.38. The van der Waals surface area contributed by atoms with Crippen LogP contribution in [0.25, 0.3) is 0 Å². The third-order valence-electron chi connectivity index (χ3n) is 1.19. The fourth-order valence-electron chi connectivity index (χ4n) is 0.831. The van der Waals surface area contributed by atoms with Crippen molar-refractivity contribution in [3.05, 3.63) is 0 Å². The lowest BCUT2D eigenvalue weighted by Gasteiger charge is -2.20. The SMILES string of the molecule is CC(C)OP(=O)(OC(C)C)/C(C=O)=N\O. The van der Waals surface area contributed by atoms with Gasteiger partial charge in [0.25, 0.3) is 0 Å². The quantitative estimate of drug-likeness (QED) is 0.251. The van der Waals surface area contributed by atoms with Gasteiger partial charge in [0.2, 0.25) is 5.45 Å². The fraction of sp³-hybridized carbons (Fsp3) is 0.750. The van der Waals surface area contributed by atoms with Crippen LogP contribution in [-0.2, 0) is 18.4 Å². The van der Waals surface area contributed by atoms with Crippen molar-refractivity contribution < 1.29 is 23.6 Å². The van der Waals surface area contributed by atoms with Gasteiger partial charge in [0.1, 0.15) is 0 Å². The summed E-state index contributed by atoms with van der Waals surface area (Å²) in [6.45, 7) is 6.54. The van der Waals surface area contributed by atoms with E-state index in [1.165, 1.54) is 0 Å². The molecule has 0 aliphatic carbocycles. The van der Waals surface area contributed by atoms with Crippen molar-refractivity contribution >= 4 is 19.3 Å². The smallest absolute Gasteiger partial charge is 0.386 e. The summed E-state index contributed by atoms with van der Waals surface area (Å²) >= 11 is 0. The molecule has 0 aromatic rings. The van der Waals surface area contributed by atoms with Gasteiger partial charge < -0.3 is 14.3 Å². The second-order valence-corrected chi connectivity index (χ2v) is 5.26. The molecule has 0 heterocycles. The zero-order valence-corrected chi connectivity index (χ0v) is 10.1. The van der Waals surface area contributed by atoms with E-state index in [1.807, 2.05) is 0 Å². The first-order valence-electron chi connectivity index (χ1n) is 4.50. The third kappa shape index (κ3) is 4.55. The average Bonchev–Trinajstić information content (AvgIpc) is 2.01. The first kappa shape index (κ1) is 14.3. The van der Waals surface area contributed by atoms with E-state index in [-0.39, 0.29) is 6.29 Å². The van der Waals surface area contributed by atoms with Gasteiger partial charge in [-0.2, -0.15) is 0 Å². The Kier molecular flexibility index (Phi) is 5.72. The van der Waals surface area contributed by atoms with Crippen molar-refractivity contribution in [2.45, 2.75) is 39.9 Å². The van der Waals surface area contributed by atoms with Crippen molar-refractivity contribution in [1.82, 2.24) is 0 Å². The standard InChI is InChI=1S/C8H16NO5P/c1-6(2)13-15(12,14-7(3)4)8(5-10)9-11/h5-7,11H,1-4H3/b9-8-. The van der Waals surface area contributed by atoms with Crippen LogP contribution in [0.2, 0.25) is 0 Å². The Morgan fingerprint density at radius 3 is 1.87 bits per heavy atom. The van der Waals surface area contributed by atoms with Gasteiger partial charge >= 0.3 is 7.60 Å². The fourth-order valence-corrected chi connectivity index (χ4v) is 2.45. The summed E-state index contributed by atoms with van der Waals surface area (Å²) in [5.41, 5.74) is -0.620. The lowest BCUT2D eigenvalue weighted by molar-refractivity contribution is -0.102. The number of hydrogen-bond acceptors (Lipinski definition) is 6. The van der Waals surface area contributed by atoms with Crippen LogP contribution >= 0.6 is 7.60 Å². The Morgan fingerprint density at radius 1 is 1.27 bits per heavy atom. The van der Waals surface area contributed by atoms with Crippen LogP contribution in [0.15, 0.2) is 5.16 Å². The molecular weight excluding hydrogens is 221 g/mol. The summed E-state index contributed by atoms with van der Waals surface area (Å²) in [4.78, 5) is 10.5. The Hall–Kier alpha value is -0.710. The summed E-state index contributed by atoms with van der Waals surface area (Å²) in [7, 11) is -3.81. The summed E-state index contributed by atoms with van der Waals surface area (Å²) < 4.78 is 22.0. The predicted molar refractivity (Wildman–Crippen MR) is 55.3 cm³/mol. The van der Waals surface area contributed by atoms with Crippen LogP contribution in [-0.4, -0.2) is 29.2 Å². The zero-order valence-electron chi connectivity index (χ0n) is 9.21. The minimum Gasteiger partial charge on any atom is -0.410 e. The van der Waals surface area contributed by atoms with Gasteiger partial charge in [-0.3, -0.25) is 9.36 Å². The number of carbonyl (C=O) groups is 1. The number of carbonyl (C=O) groups excluding carboxylic acids is 1. The molecule has 0 aliphatic heterocycles. The molecule has 7 heteroatoms. The van der Waals surface area contributed by atoms with Gasteiger partial charge in [0.15, 0.2) is 6.29 Å². The molecule has 0 saturated heterocycles. The lowest BCUT2D eigenvalue weighted by Crippen LogP contribution is -2.15. The molecule has 0 saturated carbocycles. The number of nitrogens with zero attached hydrogens (tertiary/aromatic N) is 1. The van der Waals surface area contributed by atoms with Crippen molar-refractivity contribution in [3.63, 3.8) is 0 Å². The molecule has 0 bridgehead atoms. The minimum atomic E-state index is -3.81. The molecule has 0 aromatic carbocycles. The molecule has 0 aromatic heterocycles. The van der Waals surface area contributed by atoms with Crippen LogP contribution in [0, 0.1) is 0 Å². The summed E-state index contributed by atoms with van der Waals surface area (Å²) in [5.74, 6) is 0. The van der Waals surface area contributed by atoms with Crippen molar-refractivity contribution in [2.24, 2.45) is 5.16 Å². The Morgan fingerprint density at radius 2 is 1.67 bits per heavy atom. The van der Waals surface area contributed by atoms with Gasteiger partial charge in [-0.25, -0.2) is 0 Å². The largest absolute Gasteiger partial charge is 0.410 e. The van der Waals surface area contributed by atoms with E-state index in [0.717, 1.165) is 0 Å². The Labute approximate surface area is 88.8 Å². The number of aldehydes is 1. The Bertz CT molecular complexity index is 273. The van der Waals surface area contributed by atoms with E-state index in [0.29, 0.717) is 0 Å². The monoisotopic (exact) mass is 237 g/mol. The number of hydrogen-bond donors (Lipinski definition) is 1. The van der Waals surface area contributed by atoms with E-state index in [4.69, 9.17) is 14.3 Å². The molecule has 0 spiro atoms. The molecule has 88 valence electrons. The predicted octanol–water partition coefficient (Wildman–Crippen LogP) is 2.02. The normalized spacial score (nSPS) is 13.6. The first-order valence-corrected chi connectivity index (χ1v) is 6.04. The van der Waals surface area contributed by atoms with Crippen molar-refractivity contribution in [2.75, 3.05) is 0 Å². The molecule has 15 heavy (non-hydrogen) atoms. The van der Waals surface area contributed by atoms with Crippen LogP contribution < -0.4 is 0 Å². The summed E-state index contributed by atoms with van der Waals surface area (Å²) in [6.07, 6.45) is -0.663. The zero-order chi connectivity index (χ0) is 12.1. The maximum atomic E-state index is 12.0. The van der Waals surface area contributed by atoms with Crippen LogP contribution in [0.4, 0.5) is 0 Å². The van der Waals surface area contributed by atoms with Gasteiger partial charge in [0, 0.05) is 0 Å². The topological polar surface area (TPSA) is 85.2 Å². The van der Waals surface area contributed by atoms with Crippen molar-refractivity contribution in [3.8, 4) is 0 Å². The number of oxime groups is 1. The van der Waals surface area contributed by atoms with Gasteiger partial charge in [-0.1, -0.05) is 5.16 Å². The van der Waals surface area contributed by atoms with E-state index in [1.54, 1.807) is 27.7 Å². The molecule has 0 aliphatic rings. The molecule has 0 amide bonds. The Balaban J connectivity index is 5.01. The molecule has 1 N–H and O–H groups in total. The maximum Gasteiger partial charge on any atom is 0.386 e. The third-order valence-corrected chi connectivity index (χ3v) is 3.34. The van der Waals surface area contributed by atoms with Gasteiger partial charge in [0.05, 0.1) is 12.2 Å². The highest BCUT2D eigenvalue weighted by Gasteiger charge is 2.35. The molecule has 0 radical (unpaired) electrons. The average molecular weight is 237 g/mol. The van der Waals surface area contributed by atoms with Gasteiger partial charge in [-0.05, 0) is 27.7 Å². The lowest BCUT2D eigenvalue weighted by atomic mass is 10.5. The van der Waals surface area contributed by atoms with E-state index in [2.05, 4.69) is 5.16 Å². The van der Waals surface area contributed by atoms with E-state index in [9.17, 15) is 9.36 Å². The van der Waals surface area contributed by atoms with Crippen molar-refractivity contribution in [1.29, 1.82) is 0 Å². The highest BCUT2D eigenvalue weighted by molar-refractivity contribution is 7.74. The summed E-state index contributed by atoms with van der Waals surface area (Å²) in [6, 6.07) is 0. The van der Waals surface area contributed by atoms with Crippen LogP contribution in [0.5, 0.6) is 0 Å². The minimum absolute atomic E-state index is 0.158. The van der Waals surface area contributed by atoms with Crippen LogP contribution in [0.1, 0.15) is 27.7 Å². The molecule has 6 nitrogen and oxygen atoms in total. The highest BCUT2D eigenvalue weighted by atomic mass is 31.2. The molecule has 0 fully saturated rings. The second kappa shape index (κ2) is 6.00. The van der Waals surface area contributed by atoms with Gasteiger partial charge in [-0.15, -0.1) is 0 Å². The molecule has 0 atom stereocenters. The van der Waals surface area contributed by atoms with E-state index >= 15 is 0 Å². The summed E-state index contributed by atoms with van der Waals surface area (Å²) in [5, 5.41) is 11.1. The molecule has 0 unspecified atom stereocenters.